The first-order chi connectivity index (χ1) is 15.6. The summed E-state index contributed by atoms with van der Waals surface area (Å²) < 4.78 is 57.5. The summed E-state index contributed by atoms with van der Waals surface area (Å²) in [6.07, 6.45) is -0.298. The molecule has 2 aliphatic carbocycles. The molecular weight excluding hydrogens is 447 g/mol. The number of carbonyl (C=O) groups is 3. The molecule has 1 aromatic rings. The van der Waals surface area contributed by atoms with Gasteiger partial charge in [0.15, 0.2) is 17.2 Å². The lowest BCUT2D eigenvalue weighted by Gasteiger charge is -2.35. The topological polar surface area (TPSA) is 111 Å². The smallest absolute Gasteiger partial charge is 0.408 e. The molecule has 3 rings (SSSR count). The van der Waals surface area contributed by atoms with E-state index in [9.17, 15) is 28.3 Å². The second kappa shape index (κ2) is 9.26. The second-order valence-electron chi connectivity index (χ2n) is 7.71. The summed E-state index contributed by atoms with van der Waals surface area (Å²) in [6.45, 7) is 5.84. The van der Waals surface area contributed by atoms with Crippen LogP contribution in [0.1, 0.15) is 12.0 Å². The summed E-state index contributed by atoms with van der Waals surface area (Å²) in [5.41, 5.74) is -4.88. The van der Waals surface area contributed by atoms with Gasteiger partial charge in [0.05, 0.1) is 12.7 Å². The van der Waals surface area contributed by atoms with E-state index in [1.807, 2.05) is 0 Å². The Labute approximate surface area is 187 Å². The Bertz CT molecular complexity index is 987. The van der Waals surface area contributed by atoms with Gasteiger partial charge in [0, 0.05) is 11.8 Å². The molecule has 2 fully saturated rings. The number of esters is 1. The van der Waals surface area contributed by atoms with E-state index in [0.717, 1.165) is 12.1 Å². The van der Waals surface area contributed by atoms with E-state index < -0.39 is 58.8 Å². The quantitative estimate of drug-likeness (QED) is 0.400. The standard InChI is InChI=1S/C22H22F3NO7/c1-3-7-31-19(29)21(25)13-10-16(33-11-12-5-6-14(23)15(24)9-12)22(17(13)21,18(27)28)26-20(30)32-8-4-2/h3-6,9,13,16-17H,1-2,7-8,10-11H2,(H,26,30)(H,27,28)/t13-,16-,17+,21-,22+/m1/s1. The number of ether oxygens (including phenoxy) is 3. The van der Waals surface area contributed by atoms with Crippen LogP contribution in [0.15, 0.2) is 43.5 Å². The molecule has 0 aliphatic heterocycles. The van der Waals surface area contributed by atoms with Crippen molar-refractivity contribution in [1.82, 2.24) is 5.32 Å². The Morgan fingerprint density at radius 3 is 2.42 bits per heavy atom. The highest BCUT2D eigenvalue weighted by Gasteiger charge is 2.87. The second-order valence-corrected chi connectivity index (χ2v) is 7.71. The third-order valence-corrected chi connectivity index (χ3v) is 5.83. The van der Waals surface area contributed by atoms with Crippen LogP contribution < -0.4 is 5.32 Å². The fourth-order valence-electron chi connectivity index (χ4n) is 4.37. The van der Waals surface area contributed by atoms with E-state index in [4.69, 9.17) is 14.2 Å². The number of rotatable bonds is 10. The molecule has 2 N–H and O–H groups in total. The third-order valence-electron chi connectivity index (χ3n) is 5.83. The molecule has 0 heterocycles. The molecule has 11 heteroatoms. The molecule has 0 saturated heterocycles. The van der Waals surface area contributed by atoms with Gasteiger partial charge in [-0.05, 0) is 24.1 Å². The molecule has 8 nitrogen and oxygen atoms in total. The van der Waals surface area contributed by atoms with Crippen LogP contribution in [0.25, 0.3) is 0 Å². The number of hydrogen-bond donors (Lipinski definition) is 2. The van der Waals surface area contributed by atoms with E-state index in [0.29, 0.717) is 0 Å². The van der Waals surface area contributed by atoms with Crippen LogP contribution in [0.2, 0.25) is 0 Å². The van der Waals surface area contributed by atoms with Gasteiger partial charge < -0.3 is 24.6 Å². The Hall–Kier alpha value is -3.34. The van der Waals surface area contributed by atoms with Crippen LogP contribution in [-0.4, -0.2) is 53.7 Å². The van der Waals surface area contributed by atoms with Crippen molar-refractivity contribution >= 4 is 18.0 Å². The molecule has 0 aromatic heterocycles. The van der Waals surface area contributed by atoms with E-state index in [1.54, 1.807) is 0 Å². The molecule has 0 spiro atoms. The summed E-state index contributed by atoms with van der Waals surface area (Å²) in [6, 6.07) is 2.97. The van der Waals surface area contributed by atoms with Gasteiger partial charge in [-0.25, -0.2) is 27.6 Å². The van der Waals surface area contributed by atoms with Gasteiger partial charge >= 0.3 is 18.0 Å². The van der Waals surface area contributed by atoms with Crippen LogP contribution in [0, 0.1) is 23.5 Å². The highest BCUT2D eigenvalue weighted by molar-refractivity contribution is 5.93. The molecule has 0 radical (unpaired) electrons. The zero-order valence-electron chi connectivity index (χ0n) is 17.4. The van der Waals surface area contributed by atoms with Crippen molar-refractivity contribution in [1.29, 1.82) is 0 Å². The molecule has 33 heavy (non-hydrogen) atoms. The van der Waals surface area contributed by atoms with E-state index >= 15 is 4.39 Å². The van der Waals surface area contributed by atoms with E-state index in [-0.39, 0.29) is 31.8 Å². The van der Waals surface area contributed by atoms with Crippen LogP contribution in [-0.2, 0) is 30.4 Å². The van der Waals surface area contributed by atoms with Crippen molar-refractivity contribution in [2.75, 3.05) is 13.2 Å². The molecule has 0 unspecified atom stereocenters. The summed E-state index contributed by atoms with van der Waals surface area (Å²) >= 11 is 0. The van der Waals surface area contributed by atoms with Gasteiger partial charge in [-0.1, -0.05) is 31.4 Å². The minimum Gasteiger partial charge on any atom is -0.479 e. The molecule has 2 aliphatic rings. The SMILES string of the molecule is C=CCOC(=O)N[C@@]1(C(=O)O)[C@H](OCc2ccc(F)c(F)c2)C[C@@H]2[C@H]1[C@@]2(F)C(=O)OCC=C. The number of amides is 1. The van der Waals surface area contributed by atoms with Gasteiger partial charge in [-0.2, -0.15) is 0 Å². The Kier molecular flexibility index (Phi) is 6.82. The van der Waals surface area contributed by atoms with Gasteiger partial charge in [0.1, 0.15) is 13.2 Å². The average Bonchev–Trinajstić information content (AvgIpc) is 3.22. The number of hydrogen-bond acceptors (Lipinski definition) is 6. The largest absolute Gasteiger partial charge is 0.479 e. The number of benzene rings is 1. The van der Waals surface area contributed by atoms with Crippen molar-refractivity contribution in [3.63, 3.8) is 0 Å². The monoisotopic (exact) mass is 469 g/mol. The van der Waals surface area contributed by atoms with E-state index in [1.165, 1.54) is 18.2 Å². The Morgan fingerprint density at radius 1 is 1.15 bits per heavy atom. The van der Waals surface area contributed by atoms with Crippen LogP contribution in [0.5, 0.6) is 0 Å². The molecule has 5 atom stereocenters. The van der Waals surface area contributed by atoms with Gasteiger partial charge in [0.2, 0.25) is 5.67 Å². The maximum absolute atomic E-state index is 15.6. The summed E-state index contributed by atoms with van der Waals surface area (Å²) in [4.78, 5) is 37.0. The van der Waals surface area contributed by atoms with Crippen molar-refractivity contribution < 1.29 is 46.9 Å². The van der Waals surface area contributed by atoms with Gasteiger partial charge in [-0.15, -0.1) is 0 Å². The number of fused-ring (bicyclic) bond motifs is 1. The fourth-order valence-corrected chi connectivity index (χ4v) is 4.37. The molecule has 178 valence electrons. The zero-order valence-corrected chi connectivity index (χ0v) is 17.4. The minimum atomic E-state index is -2.67. The van der Waals surface area contributed by atoms with Crippen molar-refractivity contribution in [2.24, 2.45) is 11.8 Å². The van der Waals surface area contributed by atoms with E-state index in [2.05, 4.69) is 18.5 Å². The summed E-state index contributed by atoms with van der Waals surface area (Å²) in [7, 11) is 0. The highest BCUT2D eigenvalue weighted by Crippen LogP contribution is 2.68. The Balaban J connectivity index is 1.88. The van der Waals surface area contributed by atoms with Gasteiger partial charge in [0.25, 0.3) is 0 Å². The fraction of sp³-hybridized carbons (Fsp3) is 0.409. The normalized spacial score (nSPS) is 29.5. The molecular formula is C22H22F3NO7. The lowest BCUT2D eigenvalue weighted by Crippen LogP contribution is -2.64. The lowest BCUT2D eigenvalue weighted by molar-refractivity contribution is -0.161. The maximum atomic E-state index is 15.6. The number of carbonyl (C=O) groups excluding carboxylic acids is 2. The van der Waals surface area contributed by atoms with Crippen molar-refractivity contribution in [3.05, 3.63) is 60.7 Å². The number of alkyl carbamates (subject to hydrolysis) is 1. The van der Waals surface area contributed by atoms with Crippen molar-refractivity contribution in [3.8, 4) is 0 Å². The van der Waals surface area contributed by atoms with Crippen molar-refractivity contribution in [2.45, 2.75) is 30.3 Å². The number of alkyl halides is 1. The van der Waals surface area contributed by atoms with Crippen LogP contribution >= 0.6 is 0 Å². The zero-order chi connectivity index (χ0) is 24.4. The first kappa shape index (κ1) is 24.3. The van der Waals surface area contributed by atoms with Crippen LogP contribution in [0.3, 0.4) is 0 Å². The van der Waals surface area contributed by atoms with Crippen LogP contribution in [0.4, 0.5) is 18.0 Å². The minimum absolute atomic E-state index is 0.180. The first-order valence-corrected chi connectivity index (χ1v) is 9.94. The predicted molar refractivity (Wildman–Crippen MR) is 107 cm³/mol. The first-order valence-electron chi connectivity index (χ1n) is 9.94. The number of carboxylic acids is 1. The molecule has 1 amide bonds. The predicted octanol–water partition coefficient (Wildman–Crippen LogP) is 2.67. The summed E-state index contributed by atoms with van der Waals surface area (Å²) in [5.74, 6) is -7.77. The van der Waals surface area contributed by atoms with Gasteiger partial charge in [-0.3, -0.25) is 0 Å². The molecule has 1 aromatic carbocycles. The number of halogens is 3. The number of carboxylic acid groups (broad SMARTS) is 1. The summed E-state index contributed by atoms with van der Waals surface area (Å²) in [5, 5.41) is 12.2. The highest BCUT2D eigenvalue weighted by atomic mass is 19.2. The molecule has 2 saturated carbocycles. The lowest BCUT2D eigenvalue weighted by atomic mass is 9.86. The number of nitrogens with one attached hydrogen (secondary N) is 1. The average molecular weight is 469 g/mol. The number of aliphatic carboxylic acids is 1. The molecule has 0 bridgehead atoms. The maximum Gasteiger partial charge on any atom is 0.408 e. The Morgan fingerprint density at radius 2 is 1.82 bits per heavy atom. The third kappa shape index (κ3) is 4.20.